The molecule has 31 heavy (non-hydrogen) atoms. The van der Waals surface area contributed by atoms with Crippen molar-refractivity contribution < 1.29 is 22.7 Å². The molecule has 0 saturated carbocycles. The van der Waals surface area contributed by atoms with E-state index in [1.807, 2.05) is 43.3 Å². The third-order valence-electron chi connectivity index (χ3n) is 4.78. The van der Waals surface area contributed by atoms with Crippen LogP contribution < -0.4 is 19.1 Å². The Morgan fingerprint density at radius 3 is 2.39 bits per heavy atom. The van der Waals surface area contributed by atoms with E-state index in [-0.39, 0.29) is 6.54 Å². The van der Waals surface area contributed by atoms with Gasteiger partial charge in [-0.1, -0.05) is 24.3 Å². The Labute approximate surface area is 181 Å². The molecule has 1 heterocycles. The number of para-hydroxylation sites is 1. The Balaban J connectivity index is 1.48. The predicted molar refractivity (Wildman–Crippen MR) is 119 cm³/mol. The first-order chi connectivity index (χ1) is 14.8. The van der Waals surface area contributed by atoms with Gasteiger partial charge in [0, 0.05) is 5.69 Å². The predicted octanol–water partition coefficient (Wildman–Crippen LogP) is 3.95. The number of fused-ring (bicyclic) bond motifs is 1. The normalized spacial score (nSPS) is 15.5. The zero-order valence-corrected chi connectivity index (χ0v) is 17.9. The van der Waals surface area contributed by atoms with E-state index in [1.54, 1.807) is 36.4 Å². The summed E-state index contributed by atoms with van der Waals surface area (Å²) >= 11 is 0. The largest absolute Gasteiger partial charge is 0.476 e. The van der Waals surface area contributed by atoms with Crippen LogP contribution in [0.25, 0.3) is 0 Å². The summed E-state index contributed by atoms with van der Waals surface area (Å²) in [6, 6.07) is 21.5. The first kappa shape index (κ1) is 20.7. The zero-order chi connectivity index (χ0) is 22.0. The van der Waals surface area contributed by atoms with Gasteiger partial charge in [0.25, 0.3) is 5.91 Å². The molecule has 4 rings (SSSR count). The molecule has 160 valence electrons. The van der Waals surface area contributed by atoms with Gasteiger partial charge in [-0.25, -0.2) is 8.42 Å². The fourth-order valence-electron chi connectivity index (χ4n) is 3.27. The van der Waals surface area contributed by atoms with Crippen molar-refractivity contribution in [1.29, 1.82) is 0 Å². The standard InChI is InChI=1S/C23H22N2O5S/c1-16-8-13-21-20(14-16)25(31(2,27)28)15-22(30-21)23(26)24-17-9-11-19(12-10-17)29-18-6-4-3-5-7-18/h3-14,22H,15H2,1-2H3,(H,24,26)/t22-/m0/s1. The van der Waals surface area contributed by atoms with Crippen molar-refractivity contribution >= 4 is 27.3 Å². The van der Waals surface area contributed by atoms with E-state index in [0.29, 0.717) is 28.6 Å². The highest BCUT2D eigenvalue weighted by atomic mass is 32.2. The summed E-state index contributed by atoms with van der Waals surface area (Å²) in [5, 5.41) is 2.78. The van der Waals surface area contributed by atoms with Gasteiger partial charge in [0.2, 0.25) is 10.0 Å². The van der Waals surface area contributed by atoms with Gasteiger partial charge >= 0.3 is 0 Å². The molecule has 0 unspecified atom stereocenters. The molecule has 8 heteroatoms. The molecule has 0 aliphatic carbocycles. The highest BCUT2D eigenvalue weighted by molar-refractivity contribution is 7.92. The zero-order valence-electron chi connectivity index (χ0n) is 17.1. The van der Waals surface area contributed by atoms with Crippen molar-refractivity contribution in [3.63, 3.8) is 0 Å². The van der Waals surface area contributed by atoms with Gasteiger partial charge in [0.15, 0.2) is 6.10 Å². The Hall–Kier alpha value is -3.52. The summed E-state index contributed by atoms with van der Waals surface area (Å²) in [5.41, 5.74) is 1.89. The van der Waals surface area contributed by atoms with E-state index in [9.17, 15) is 13.2 Å². The number of nitrogens with zero attached hydrogens (tertiary/aromatic N) is 1. The number of carbonyl (C=O) groups excluding carboxylic acids is 1. The van der Waals surface area contributed by atoms with Crippen LogP contribution in [-0.2, 0) is 14.8 Å². The summed E-state index contributed by atoms with van der Waals surface area (Å²) in [6.07, 6.45) is 0.135. The number of ether oxygens (including phenoxy) is 2. The van der Waals surface area contributed by atoms with Gasteiger partial charge in [0.1, 0.15) is 17.2 Å². The molecular formula is C23H22N2O5S. The van der Waals surface area contributed by atoms with E-state index in [0.717, 1.165) is 11.8 Å². The second-order valence-corrected chi connectivity index (χ2v) is 9.21. The average Bonchev–Trinajstić information content (AvgIpc) is 2.74. The lowest BCUT2D eigenvalue weighted by atomic mass is 10.1. The van der Waals surface area contributed by atoms with Gasteiger partial charge in [-0.05, 0) is 61.0 Å². The van der Waals surface area contributed by atoms with E-state index >= 15 is 0 Å². The molecule has 0 saturated heterocycles. The Bertz CT molecular complexity index is 1190. The Morgan fingerprint density at radius 2 is 1.71 bits per heavy atom. The topological polar surface area (TPSA) is 84.9 Å². The molecule has 1 aliphatic rings. The molecule has 0 aromatic heterocycles. The minimum absolute atomic E-state index is 0.101. The van der Waals surface area contributed by atoms with Crippen LogP contribution in [0, 0.1) is 6.92 Å². The summed E-state index contributed by atoms with van der Waals surface area (Å²) < 4.78 is 37.4. The maximum atomic E-state index is 12.8. The van der Waals surface area contributed by atoms with Crippen LogP contribution in [0.4, 0.5) is 11.4 Å². The summed E-state index contributed by atoms with van der Waals surface area (Å²) in [5.74, 6) is 1.26. The van der Waals surface area contributed by atoms with Crippen LogP contribution in [0.3, 0.4) is 0 Å². The number of hydrogen-bond acceptors (Lipinski definition) is 5. The Kier molecular flexibility index (Phi) is 5.56. The van der Waals surface area contributed by atoms with E-state index in [2.05, 4.69) is 5.32 Å². The number of benzene rings is 3. The molecule has 0 spiro atoms. The maximum absolute atomic E-state index is 12.8. The van der Waals surface area contributed by atoms with Crippen LogP contribution in [0.5, 0.6) is 17.2 Å². The molecule has 1 aliphatic heterocycles. The number of aryl methyl sites for hydroxylation is 1. The molecular weight excluding hydrogens is 416 g/mol. The lowest BCUT2D eigenvalue weighted by Gasteiger charge is -2.34. The quantitative estimate of drug-likeness (QED) is 0.652. The van der Waals surface area contributed by atoms with E-state index in [4.69, 9.17) is 9.47 Å². The average molecular weight is 439 g/mol. The highest BCUT2D eigenvalue weighted by Crippen LogP contribution is 2.36. The number of anilines is 2. The maximum Gasteiger partial charge on any atom is 0.267 e. The number of sulfonamides is 1. The fourth-order valence-corrected chi connectivity index (χ4v) is 4.17. The lowest BCUT2D eigenvalue weighted by molar-refractivity contribution is -0.122. The molecule has 3 aromatic carbocycles. The van der Waals surface area contributed by atoms with Crippen molar-refractivity contribution in [3.8, 4) is 17.2 Å². The van der Waals surface area contributed by atoms with Crippen molar-refractivity contribution in [1.82, 2.24) is 0 Å². The summed E-state index contributed by atoms with van der Waals surface area (Å²) in [4.78, 5) is 12.8. The van der Waals surface area contributed by atoms with Gasteiger partial charge < -0.3 is 14.8 Å². The van der Waals surface area contributed by atoms with Gasteiger partial charge in [-0.2, -0.15) is 0 Å². The second-order valence-electron chi connectivity index (χ2n) is 7.30. The van der Waals surface area contributed by atoms with Gasteiger partial charge in [-0.3, -0.25) is 9.10 Å². The van der Waals surface area contributed by atoms with Crippen LogP contribution in [0.2, 0.25) is 0 Å². The number of hydrogen-bond donors (Lipinski definition) is 1. The van der Waals surface area contributed by atoms with Crippen molar-refractivity contribution in [2.45, 2.75) is 13.0 Å². The molecule has 0 radical (unpaired) electrons. The summed E-state index contributed by atoms with van der Waals surface area (Å²) in [7, 11) is -3.57. The van der Waals surface area contributed by atoms with Crippen LogP contribution >= 0.6 is 0 Å². The molecule has 1 amide bonds. The number of rotatable bonds is 5. The van der Waals surface area contributed by atoms with Crippen LogP contribution in [0.15, 0.2) is 72.8 Å². The smallest absolute Gasteiger partial charge is 0.267 e. The molecule has 1 N–H and O–H groups in total. The number of nitrogens with one attached hydrogen (secondary N) is 1. The molecule has 3 aromatic rings. The van der Waals surface area contributed by atoms with E-state index in [1.165, 1.54) is 4.31 Å². The molecule has 0 bridgehead atoms. The van der Waals surface area contributed by atoms with Crippen LogP contribution in [0.1, 0.15) is 5.56 Å². The third-order valence-corrected chi connectivity index (χ3v) is 5.92. The van der Waals surface area contributed by atoms with E-state index < -0.39 is 22.0 Å². The second kappa shape index (κ2) is 8.31. The Morgan fingerprint density at radius 1 is 1.03 bits per heavy atom. The van der Waals surface area contributed by atoms with Crippen LogP contribution in [-0.4, -0.2) is 33.2 Å². The van der Waals surface area contributed by atoms with Gasteiger partial charge in [-0.15, -0.1) is 0 Å². The first-order valence-corrected chi connectivity index (χ1v) is 11.5. The number of amides is 1. The van der Waals surface area contributed by atoms with Crippen molar-refractivity contribution in [2.75, 3.05) is 22.4 Å². The molecule has 0 fully saturated rings. The SMILES string of the molecule is Cc1ccc2c(c1)N(S(C)(=O)=O)C[C@@H](C(=O)Nc1ccc(Oc3ccccc3)cc1)O2. The summed E-state index contributed by atoms with van der Waals surface area (Å²) in [6.45, 7) is 1.76. The lowest BCUT2D eigenvalue weighted by Crippen LogP contribution is -2.48. The monoisotopic (exact) mass is 438 g/mol. The minimum atomic E-state index is -3.57. The van der Waals surface area contributed by atoms with Crippen molar-refractivity contribution in [2.24, 2.45) is 0 Å². The number of carbonyl (C=O) groups is 1. The first-order valence-electron chi connectivity index (χ1n) is 9.68. The minimum Gasteiger partial charge on any atom is -0.476 e. The van der Waals surface area contributed by atoms with Crippen molar-refractivity contribution in [3.05, 3.63) is 78.4 Å². The molecule has 7 nitrogen and oxygen atoms in total. The third kappa shape index (κ3) is 4.80. The molecule has 1 atom stereocenters. The highest BCUT2D eigenvalue weighted by Gasteiger charge is 2.35. The fraction of sp³-hybridized carbons (Fsp3) is 0.174. The van der Waals surface area contributed by atoms with Gasteiger partial charge in [0.05, 0.1) is 18.5 Å².